The predicted molar refractivity (Wildman–Crippen MR) is 20.9 cm³/mol. The molecular formula is C3H8CuO4. The summed E-state index contributed by atoms with van der Waals surface area (Å²) >= 11 is 0. The molecule has 0 aliphatic rings. The van der Waals surface area contributed by atoms with Gasteiger partial charge in [-0.05, 0) is 0 Å². The largest absolute Gasteiger partial charge is 2.00 e. The first-order valence-electron chi connectivity index (χ1n) is 1.71. The summed E-state index contributed by atoms with van der Waals surface area (Å²) in [4.78, 5) is 0. The topological polar surface area (TPSA) is 89.2 Å². The molecule has 0 aromatic rings. The maximum absolute atomic E-state index is 8.17. The van der Waals surface area contributed by atoms with Crippen molar-refractivity contribution in [2.75, 3.05) is 13.2 Å². The van der Waals surface area contributed by atoms with Crippen LogP contribution in [0.4, 0.5) is 0 Å². The van der Waals surface area contributed by atoms with Gasteiger partial charge in [0.1, 0.15) is 6.10 Å². The van der Waals surface area contributed by atoms with Crippen LogP contribution >= 0.6 is 0 Å². The van der Waals surface area contributed by atoms with Crippen molar-refractivity contribution in [1.82, 2.24) is 0 Å². The molecule has 0 heterocycles. The molecule has 8 heavy (non-hydrogen) atoms. The average Bonchev–Trinajstić information content (AvgIpc) is 1.65. The minimum atomic E-state index is -0.954. The van der Waals surface area contributed by atoms with Crippen LogP contribution in [0.25, 0.3) is 0 Å². The fourth-order valence-electron chi connectivity index (χ4n) is 0.0577. The maximum Gasteiger partial charge on any atom is 2.00 e. The number of hydrogen-bond acceptors (Lipinski definition) is 3. The van der Waals surface area contributed by atoms with E-state index in [1.165, 1.54) is 0 Å². The fourth-order valence-corrected chi connectivity index (χ4v) is 0.0577. The van der Waals surface area contributed by atoms with Crippen molar-refractivity contribution >= 4 is 0 Å². The van der Waals surface area contributed by atoms with Gasteiger partial charge in [-0.1, -0.05) is 0 Å². The number of aliphatic hydroxyl groups is 3. The molecule has 0 atom stereocenters. The molecule has 0 aliphatic heterocycles. The van der Waals surface area contributed by atoms with E-state index in [0.717, 1.165) is 0 Å². The Kier molecular flexibility index (Phi) is 20.4. The molecule has 4 nitrogen and oxygen atoms in total. The van der Waals surface area contributed by atoms with E-state index >= 15 is 0 Å². The van der Waals surface area contributed by atoms with Crippen molar-refractivity contribution in [2.24, 2.45) is 0 Å². The van der Waals surface area contributed by atoms with Gasteiger partial charge in [0.25, 0.3) is 0 Å². The van der Waals surface area contributed by atoms with E-state index in [-0.39, 0.29) is 35.8 Å². The first kappa shape index (κ1) is 15.8. The van der Waals surface area contributed by atoms with Crippen LogP contribution in [0.5, 0.6) is 0 Å². The summed E-state index contributed by atoms with van der Waals surface area (Å²) < 4.78 is 0. The van der Waals surface area contributed by atoms with Crippen LogP contribution in [0.3, 0.4) is 0 Å². The van der Waals surface area contributed by atoms with Crippen molar-refractivity contribution in [3.63, 3.8) is 0 Å². The summed E-state index contributed by atoms with van der Waals surface area (Å²) in [6.07, 6.45) is -0.954. The Hall–Kier alpha value is 0.359. The van der Waals surface area contributed by atoms with Crippen molar-refractivity contribution < 1.29 is 37.9 Å². The van der Waals surface area contributed by atoms with Crippen LogP contribution < -0.4 is 0 Å². The number of rotatable bonds is 2. The van der Waals surface area contributed by atoms with Gasteiger partial charge in [0, 0.05) is 0 Å². The van der Waals surface area contributed by atoms with Gasteiger partial charge in [-0.25, -0.2) is 0 Å². The van der Waals surface area contributed by atoms with Crippen molar-refractivity contribution in [1.29, 1.82) is 0 Å². The van der Waals surface area contributed by atoms with Gasteiger partial charge in [-0.2, -0.15) is 0 Å². The normalized spacial score (nSPS) is 7.50. The van der Waals surface area contributed by atoms with Gasteiger partial charge in [-0.3, -0.25) is 0 Å². The SMILES string of the molecule is OCC(O)CO.[Cu+2].[O-2]. The van der Waals surface area contributed by atoms with E-state index in [2.05, 4.69) is 0 Å². The molecule has 0 aromatic heterocycles. The quantitative estimate of drug-likeness (QED) is 0.429. The third kappa shape index (κ3) is 9.61. The summed E-state index contributed by atoms with van der Waals surface area (Å²) in [5.74, 6) is 0. The number of aliphatic hydroxyl groups excluding tert-OH is 3. The molecule has 0 saturated heterocycles. The molecule has 0 amide bonds. The van der Waals surface area contributed by atoms with Crippen LogP contribution in [0.1, 0.15) is 0 Å². The molecule has 0 bridgehead atoms. The Balaban J connectivity index is -0.000000125. The summed E-state index contributed by atoms with van der Waals surface area (Å²) in [7, 11) is 0. The van der Waals surface area contributed by atoms with E-state index in [1.807, 2.05) is 0 Å². The molecule has 3 N–H and O–H groups in total. The summed E-state index contributed by atoms with van der Waals surface area (Å²) in [5.41, 5.74) is 0. The van der Waals surface area contributed by atoms with E-state index < -0.39 is 6.10 Å². The van der Waals surface area contributed by atoms with E-state index in [4.69, 9.17) is 15.3 Å². The molecule has 0 aliphatic carbocycles. The van der Waals surface area contributed by atoms with E-state index in [9.17, 15) is 0 Å². The summed E-state index contributed by atoms with van der Waals surface area (Å²) in [5, 5.41) is 24.0. The van der Waals surface area contributed by atoms with Gasteiger partial charge < -0.3 is 20.8 Å². The molecule has 1 radical (unpaired) electrons. The van der Waals surface area contributed by atoms with Crippen LogP contribution in [0.2, 0.25) is 0 Å². The Morgan fingerprint density at radius 2 is 1.38 bits per heavy atom. The minimum Gasteiger partial charge on any atom is -2.00 e. The van der Waals surface area contributed by atoms with Gasteiger partial charge in [-0.15, -0.1) is 0 Å². The molecule has 55 valence electrons. The van der Waals surface area contributed by atoms with Gasteiger partial charge in [0.15, 0.2) is 0 Å². The molecule has 5 heteroatoms. The van der Waals surface area contributed by atoms with Crippen LogP contribution in [0, 0.1) is 0 Å². The molecule has 0 unspecified atom stereocenters. The summed E-state index contributed by atoms with van der Waals surface area (Å²) in [6, 6.07) is 0. The molecule has 0 spiro atoms. The second-order valence-electron chi connectivity index (χ2n) is 1.02. The van der Waals surface area contributed by atoms with E-state index in [0.29, 0.717) is 0 Å². The number of hydrogen-bond donors (Lipinski definition) is 3. The second-order valence-corrected chi connectivity index (χ2v) is 1.02. The molecule has 0 saturated carbocycles. The van der Waals surface area contributed by atoms with Gasteiger partial charge >= 0.3 is 17.1 Å². The molecule has 0 rings (SSSR count). The first-order valence-corrected chi connectivity index (χ1v) is 1.71. The zero-order chi connectivity index (χ0) is 4.99. The van der Waals surface area contributed by atoms with Crippen molar-refractivity contribution in [3.05, 3.63) is 0 Å². The van der Waals surface area contributed by atoms with Crippen molar-refractivity contribution in [2.45, 2.75) is 6.10 Å². The average molecular weight is 172 g/mol. The Morgan fingerprint density at radius 1 is 1.12 bits per heavy atom. The third-order valence-electron chi connectivity index (χ3n) is 0.421. The minimum absolute atomic E-state index is 0. The molecular weight excluding hydrogens is 164 g/mol. The third-order valence-corrected chi connectivity index (χ3v) is 0.421. The first-order chi connectivity index (χ1) is 2.81. The Morgan fingerprint density at radius 3 is 1.38 bits per heavy atom. The Labute approximate surface area is 57.9 Å². The van der Waals surface area contributed by atoms with Crippen LogP contribution in [-0.4, -0.2) is 34.6 Å². The summed E-state index contributed by atoms with van der Waals surface area (Å²) in [6.45, 7) is -0.729. The van der Waals surface area contributed by atoms with Crippen LogP contribution in [0.15, 0.2) is 0 Å². The molecule has 0 fully saturated rings. The van der Waals surface area contributed by atoms with Crippen molar-refractivity contribution in [3.8, 4) is 0 Å². The standard InChI is InChI=1S/C3H8O3.Cu.O/c4-1-3(6)2-5;;/h3-6H,1-2H2;;/q;+2;-2. The van der Waals surface area contributed by atoms with Gasteiger partial charge in [0.2, 0.25) is 0 Å². The Bertz CT molecular complexity index is 30.5. The van der Waals surface area contributed by atoms with E-state index in [1.54, 1.807) is 0 Å². The predicted octanol–water partition coefficient (Wildman–Crippen LogP) is -1.79. The van der Waals surface area contributed by atoms with Crippen LogP contribution in [-0.2, 0) is 22.5 Å². The zero-order valence-corrected chi connectivity index (χ0v) is 4.98. The fraction of sp³-hybridized carbons (Fsp3) is 1.00. The second kappa shape index (κ2) is 10.4. The zero-order valence-electron chi connectivity index (χ0n) is 4.04. The monoisotopic (exact) mass is 171 g/mol. The van der Waals surface area contributed by atoms with Gasteiger partial charge in [0.05, 0.1) is 13.2 Å². The maximum atomic E-state index is 8.17. The molecule has 0 aromatic carbocycles. The smallest absolute Gasteiger partial charge is 2.00 e.